The number of aliphatic carboxylic acids is 1. The lowest BCUT2D eigenvalue weighted by Gasteiger charge is -2.04. The van der Waals surface area contributed by atoms with Crippen molar-refractivity contribution in [2.75, 3.05) is 11.9 Å². The number of amidine groups is 1. The number of anilines is 1. The van der Waals surface area contributed by atoms with Crippen LogP contribution in [0.3, 0.4) is 0 Å². The van der Waals surface area contributed by atoms with Crippen LogP contribution in [-0.2, 0) is 19.2 Å². The van der Waals surface area contributed by atoms with Gasteiger partial charge in [0.2, 0.25) is 30.1 Å². The van der Waals surface area contributed by atoms with E-state index >= 15 is 0 Å². The molecular formula is C9H11N5O6. The third-order valence-corrected chi connectivity index (χ3v) is 1.65. The molecule has 0 aromatic carbocycles. The van der Waals surface area contributed by atoms with Crippen molar-refractivity contribution in [3.05, 3.63) is 5.69 Å². The Morgan fingerprint density at radius 1 is 1.30 bits per heavy atom. The fourth-order valence-electron chi connectivity index (χ4n) is 1.04. The fourth-order valence-corrected chi connectivity index (χ4v) is 1.04. The number of nitrogens with one attached hydrogen (secondary N) is 2. The Balaban J connectivity index is 2.98. The summed E-state index contributed by atoms with van der Waals surface area (Å²) >= 11 is 0. The minimum atomic E-state index is -1.25. The maximum Gasteiger partial charge on any atom is 0.344 e. The number of aromatic nitrogens is 2. The molecule has 0 spiro atoms. The van der Waals surface area contributed by atoms with Crippen LogP contribution < -0.4 is 10.6 Å². The first-order chi connectivity index (χ1) is 9.40. The second-order valence-electron chi connectivity index (χ2n) is 3.43. The summed E-state index contributed by atoms with van der Waals surface area (Å²) in [7, 11) is 0. The molecule has 3 N–H and O–H groups in total. The predicted octanol–water partition coefficient (Wildman–Crippen LogP) is -1.07. The molecule has 0 aliphatic heterocycles. The van der Waals surface area contributed by atoms with E-state index in [1.54, 1.807) is 0 Å². The van der Waals surface area contributed by atoms with Gasteiger partial charge in [-0.15, -0.1) is 0 Å². The first-order valence-electron chi connectivity index (χ1n) is 5.20. The molecule has 0 aliphatic rings. The molecule has 11 nitrogen and oxygen atoms in total. The molecule has 0 fully saturated rings. The van der Waals surface area contributed by atoms with Crippen molar-refractivity contribution < 1.29 is 29.0 Å². The van der Waals surface area contributed by atoms with E-state index in [9.17, 15) is 14.4 Å². The fraction of sp³-hybridized carbons (Fsp3) is 0.333. The minimum Gasteiger partial charge on any atom is -0.479 e. The number of carbonyl (C=O) groups is 3. The zero-order valence-electron chi connectivity index (χ0n) is 10.5. The Hall–Kier alpha value is -2.98. The van der Waals surface area contributed by atoms with Crippen LogP contribution in [0.1, 0.15) is 19.5 Å². The summed E-state index contributed by atoms with van der Waals surface area (Å²) in [5.74, 6) is -2.56. The number of oxime groups is 1. The standard InChI is InChI=1S/C9H11N5O6/c1-4(15)10-8(13-19-3-6(17)18)7-9(11-5(2)16)14-20-12-7/h3H2,1-2H3,(H,17,18)(H,10,13,15)(H,11,14,16). The maximum absolute atomic E-state index is 11.0. The molecule has 2 amide bonds. The van der Waals surface area contributed by atoms with Crippen molar-refractivity contribution in [1.29, 1.82) is 0 Å². The van der Waals surface area contributed by atoms with Gasteiger partial charge in [0, 0.05) is 13.8 Å². The summed E-state index contributed by atoms with van der Waals surface area (Å²) in [6.45, 7) is 1.71. The van der Waals surface area contributed by atoms with Crippen LogP contribution >= 0.6 is 0 Å². The molecule has 0 bridgehead atoms. The highest BCUT2D eigenvalue weighted by atomic mass is 16.6. The Morgan fingerprint density at radius 2 is 2.00 bits per heavy atom. The quantitative estimate of drug-likeness (QED) is 0.350. The second kappa shape index (κ2) is 6.82. The highest BCUT2D eigenvalue weighted by Gasteiger charge is 2.19. The van der Waals surface area contributed by atoms with Crippen molar-refractivity contribution in [2.24, 2.45) is 5.16 Å². The Morgan fingerprint density at radius 3 is 2.55 bits per heavy atom. The van der Waals surface area contributed by atoms with Gasteiger partial charge >= 0.3 is 5.97 Å². The normalized spacial score (nSPS) is 10.8. The molecule has 1 aromatic rings. The van der Waals surface area contributed by atoms with Crippen molar-refractivity contribution in [1.82, 2.24) is 15.6 Å². The molecule has 0 saturated carbocycles. The van der Waals surface area contributed by atoms with Crippen LogP contribution in [0.15, 0.2) is 9.78 Å². The van der Waals surface area contributed by atoms with Gasteiger partial charge in [0.05, 0.1) is 0 Å². The highest BCUT2D eigenvalue weighted by molar-refractivity contribution is 6.09. The first-order valence-corrected chi connectivity index (χ1v) is 5.20. The van der Waals surface area contributed by atoms with Crippen LogP contribution in [0.2, 0.25) is 0 Å². The zero-order chi connectivity index (χ0) is 15.1. The Kier molecular flexibility index (Phi) is 5.14. The third kappa shape index (κ3) is 4.72. The van der Waals surface area contributed by atoms with Crippen LogP contribution in [0.25, 0.3) is 0 Å². The molecule has 1 rings (SSSR count). The lowest BCUT2D eigenvalue weighted by atomic mass is 10.3. The third-order valence-electron chi connectivity index (χ3n) is 1.65. The number of rotatable bonds is 5. The summed E-state index contributed by atoms with van der Waals surface area (Å²) in [5, 5.41) is 23.2. The molecule has 0 aliphatic carbocycles. The predicted molar refractivity (Wildman–Crippen MR) is 62.5 cm³/mol. The summed E-state index contributed by atoms with van der Waals surface area (Å²) < 4.78 is 4.42. The van der Waals surface area contributed by atoms with E-state index in [1.165, 1.54) is 13.8 Å². The lowest BCUT2D eigenvalue weighted by molar-refractivity contribution is -0.142. The van der Waals surface area contributed by atoms with Gasteiger partial charge in [-0.25, -0.2) is 9.42 Å². The second-order valence-corrected chi connectivity index (χ2v) is 3.43. The smallest absolute Gasteiger partial charge is 0.344 e. The number of carboxylic acids is 1. The van der Waals surface area contributed by atoms with Gasteiger partial charge in [-0.05, 0) is 10.3 Å². The Bertz CT molecular complexity index is 551. The minimum absolute atomic E-state index is 0.0936. The highest BCUT2D eigenvalue weighted by Crippen LogP contribution is 2.10. The van der Waals surface area contributed by atoms with Gasteiger partial charge in [-0.2, -0.15) is 0 Å². The summed E-state index contributed by atoms with van der Waals surface area (Å²) in [6, 6.07) is 0. The average molecular weight is 285 g/mol. The first kappa shape index (κ1) is 15.1. The molecular weight excluding hydrogens is 274 g/mol. The molecule has 0 unspecified atom stereocenters. The molecule has 108 valence electrons. The van der Waals surface area contributed by atoms with E-state index in [1.807, 2.05) is 0 Å². The van der Waals surface area contributed by atoms with Gasteiger partial charge in [-0.3, -0.25) is 9.59 Å². The number of carbonyl (C=O) groups excluding carboxylic acids is 2. The SMILES string of the molecule is CC(=O)NC(=NOCC(=O)O)c1nonc1NC(C)=O. The van der Waals surface area contributed by atoms with E-state index < -0.39 is 24.4 Å². The topological polar surface area (TPSA) is 156 Å². The molecule has 0 radical (unpaired) electrons. The molecule has 1 heterocycles. The molecule has 20 heavy (non-hydrogen) atoms. The van der Waals surface area contributed by atoms with Gasteiger partial charge in [0.25, 0.3) is 0 Å². The Labute approximate surface area is 111 Å². The lowest BCUT2D eigenvalue weighted by Crippen LogP contribution is -2.30. The summed E-state index contributed by atoms with van der Waals surface area (Å²) in [4.78, 5) is 36.8. The number of carboxylic acid groups (broad SMARTS) is 1. The summed E-state index contributed by atoms with van der Waals surface area (Å²) in [6.07, 6.45) is 0. The van der Waals surface area contributed by atoms with E-state index in [2.05, 4.69) is 35.6 Å². The van der Waals surface area contributed by atoms with E-state index in [0.29, 0.717) is 0 Å². The monoisotopic (exact) mass is 285 g/mol. The van der Waals surface area contributed by atoms with Crippen molar-refractivity contribution in [2.45, 2.75) is 13.8 Å². The van der Waals surface area contributed by atoms with E-state index in [0.717, 1.165) is 0 Å². The summed E-state index contributed by atoms with van der Waals surface area (Å²) in [5.41, 5.74) is -0.110. The van der Waals surface area contributed by atoms with Crippen molar-refractivity contribution in [3.63, 3.8) is 0 Å². The molecule has 0 atom stereocenters. The van der Waals surface area contributed by atoms with E-state index in [4.69, 9.17) is 5.11 Å². The molecule has 0 saturated heterocycles. The maximum atomic E-state index is 11.0. The van der Waals surface area contributed by atoms with Gasteiger partial charge in [-0.1, -0.05) is 5.16 Å². The van der Waals surface area contributed by atoms with Crippen LogP contribution in [0.5, 0.6) is 0 Å². The number of nitrogens with zero attached hydrogens (tertiary/aromatic N) is 3. The van der Waals surface area contributed by atoms with Crippen LogP contribution in [0.4, 0.5) is 5.82 Å². The average Bonchev–Trinajstić information content (AvgIpc) is 2.73. The number of amides is 2. The van der Waals surface area contributed by atoms with Crippen molar-refractivity contribution in [3.8, 4) is 0 Å². The molecule has 11 heteroatoms. The van der Waals surface area contributed by atoms with Gasteiger partial charge in [0.1, 0.15) is 0 Å². The van der Waals surface area contributed by atoms with Crippen LogP contribution in [-0.4, -0.2) is 45.6 Å². The van der Waals surface area contributed by atoms with Gasteiger partial charge in [0.15, 0.2) is 5.69 Å². The zero-order valence-corrected chi connectivity index (χ0v) is 10.5. The van der Waals surface area contributed by atoms with Crippen LogP contribution in [0, 0.1) is 0 Å². The number of hydrogen-bond acceptors (Lipinski definition) is 8. The molecule has 1 aromatic heterocycles. The van der Waals surface area contributed by atoms with Gasteiger partial charge < -0.3 is 20.6 Å². The number of hydrogen-bond donors (Lipinski definition) is 3. The largest absolute Gasteiger partial charge is 0.479 e. The van der Waals surface area contributed by atoms with E-state index in [-0.39, 0.29) is 17.3 Å². The van der Waals surface area contributed by atoms with Crippen molar-refractivity contribution >= 4 is 29.4 Å².